The highest BCUT2D eigenvalue weighted by Crippen LogP contribution is 2.20. The second-order valence-corrected chi connectivity index (χ2v) is 5.56. The van der Waals surface area contributed by atoms with E-state index < -0.39 is 0 Å². The summed E-state index contributed by atoms with van der Waals surface area (Å²) in [5.41, 5.74) is 2.20. The topological polar surface area (TPSA) is 73.3 Å². The van der Waals surface area contributed by atoms with Crippen LogP contribution in [0.2, 0.25) is 0 Å². The van der Waals surface area contributed by atoms with Gasteiger partial charge in [-0.25, -0.2) is 4.39 Å². The second-order valence-electron chi connectivity index (χ2n) is 5.56. The Labute approximate surface area is 156 Å². The molecule has 0 fully saturated rings. The van der Waals surface area contributed by atoms with Gasteiger partial charge in [-0.05, 0) is 49.4 Å². The molecule has 3 aromatic rings. The smallest absolute Gasteiger partial charge is 0.262 e. The molecule has 1 N–H and O–H groups in total. The number of hydrogen-bond acceptors (Lipinski definition) is 5. The molecule has 0 bridgehead atoms. The molecular formula is C20H18FN3O3. The van der Waals surface area contributed by atoms with E-state index in [-0.39, 0.29) is 18.3 Å². The van der Waals surface area contributed by atoms with Crippen LogP contribution in [0.25, 0.3) is 11.3 Å². The number of anilines is 1. The van der Waals surface area contributed by atoms with Crippen LogP contribution in [0.5, 0.6) is 11.6 Å². The van der Waals surface area contributed by atoms with E-state index >= 15 is 0 Å². The fourth-order valence-electron chi connectivity index (χ4n) is 2.30. The molecule has 6 nitrogen and oxygen atoms in total. The Morgan fingerprint density at radius 1 is 0.963 bits per heavy atom. The quantitative estimate of drug-likeness (QED) is 0.689. The van der Waals surface area contributed by atoms with E-state index in [0.29, 0.717) is 29.6 Å². The third-order valence-electron chi connectivity index (χ3n) is 3.58. The van der Waals surface area contributed by atoms with Crippen LogP contribution in [-0.2, 0) is 4.79 Å². The summed E-state index contributed by atoms with van der Waals surface area (Å²) in [6.07, 6.45) is 0. The van der Waals surface area contributed by atoms with Crippen molar-refractivity contribution in [3.8, 4) is 22.9 Å². The molecule has 0 aliphatic heterocycles. The van der Waals surface area contributed by atoms with Crippen molar-refractivity contribution in [2.75, 3.05) is 18.5 Å². The van der Waals surface area contributed by atoms with Gasteiger partial charge in [-0.3, -0.25) is 4.79 Å². The Morgan fingerprint density at radius 2 is 1.70 bits per heavy atom. The molecule has 138 valence electrons. The molecule has 0 aliphatic rings. The average molecular weight is 367 g/mol. The summed E-state index contributed by atoms with van der Waals surface area (Å²) < 4.78 is 23.4. The highest BCUT2D eigenvalue weighted by atomic mass is 19.1. The zero-order valence-electron chi connectivity index (χ0n) is 14.7. The van der Waals surface area contributed by atoms with Crippen molar-refractivity contribution < 1.29 is 18.7 Å². The summed E-state index contributed by atoms with van der Waals surface area (Å²) in [5, 5.41) is 10.8. The van der Waals surface area contributed by atoms with Gasteiger partial charge in [0.25, 0.3) is 5.91 Å². The molecule has 0 atom stereocenters. The van der Waals surface area contributed by atoms with E-state index in [9.17, 15) is 9.18 Å². The van der Waals surface area contributed by atoms with Crippen LogP contribution in [0.15, 0.2) is 60.7 Å². The molecule has 0 saturated carbocycles. The molecule has 1 aromatic heterocycles. The first kappa shape index (κ1) is 18.3. The Bertz CT molecular complexity index is 882. The minimum atomic E-state index is -0.357. The van der Waals surface area contributed by atoms with Gasteiger partial charge in [-0.2, -0.15) is 0 Å². The first-order chi connectivity index (χ1) is 13.1. The van der Waals surface area contributed by atoms with Crippen molar-refractivity contribution in [1.82, 2.24) is 10.2 Å². The predicted molar refractivity (Wildman–Crippen MR) is 99.2 cm³/mol. The lowest BCUT2D eigenvalue weighted by Crippen LogP contribution is -2.20. The van der Waals surface area contributed by atoms with Crippen LogP contribution < -0.4 is 14.8 Å². The van der Waals surface area contributed by atoms with Crippen LogP contribution in [0.1, 0.15) is 6.92 Å². The lowest BCUT2D eigenvalue weighted by molar-refractivity contribution is -0.118. The molecule has 0 aliphatic carbocycles. The Morgan fingerprint density at radius 3 is 2.33 bits per heavy atom. The van der Waals surface area contributed by atoms with E-state index in [0.717, 1.165) is 5.56 Å². The second kappa shape index (κ2) is 8.75. The van der Waals surface area contributed by atoms with Crippen LogP contribution in [0.3, 0.4) is 0 Å². The fourth-order valence-corrected chi connectivity index (χ4v) is 2.30. The van der Waals surface area contributed by atoms with Gasteiger partial charge in [0.2, 0.25) is 5.88 Å². The number of amides is 1. The normalized spacial score (nSPS) is 10.3. The molecule has 0 unspecified atom stereocenters. The van der Waals surface area contributed by atoms with Crippen molar-refractivity contribution in [2.45, 2.75) is 6.92 Å². The summed E-state index contributed by atoms with van der Waals surface area (Å²) in [5.74, 6) is 0.235. The molecule has 1 heterocycles. The lowest BCUT2D eigenvalue weighted by Gasteiger charge is -2.08. The number of nitrogens with zero attached hydrogens (tertiary/aromatic N) is 2. The first-order valence-corrected chi connectivity index (χ1v) is 8.39. The molecule has 0 radical (unpaired) electrons. The first-order valence-electron chi connectivity index (χ1n) is 8.39. The van der Waals surface area contributed by atoms with Crippen LogP contribution >= 0.6 is 0 Å². The van der Waals surface area contributed by atoms with Crippen LogP contribution in [0.4, 0.5) is 10.1 Å². The third-order valence-corrected chi connectivity index (χ3v) is 3.58. The maximum absolute atomic E-state index is 12.8. The van der Waals surface area contributed by atoms with Gasteiger partial charge in [-0.1, -0.05) is 12.1 Å². The zero-order chi connectivity index (χ0) is 19.1. The number of rotatable bonds is 7. The number of nitrogens with one attached hydrogen (secondary N) is 1. The number of carbonyl (C=O) groups is 1. The maximum atomic E-state index is 12.8. The number of carbonyl (C=O) groups excluding carboxylic acids is 1. The van der Waals surface area contributed by atoms with Gasteiger partial charge >= 0.3 is 0 Å². The number of hydrogen-bond donors (Lipinski definition) is 1. The van der Waals surface area contributed by atoms with E-state index in [1.165, 1.54) is 24.3 Å². The SMILES string of the molecule is CCOc1ccc(-c2ccc(NC(=O)COc3ccc(F)cc3)cc2)nn1. The highest BCUT2D eigenvalue weighted by molar-refractivity contribution is 5.92. The van der Waals surface area contributed by atoms with Gasteiger partial charge in [0, 0.05) is 17.3 Å². The molecule has 1 amide bonds. The Balaban J connectivity index is 1.55. The summed E-state index contributed by atoms with van der Waals surface area (Å²) in [4.78, 5) is 12.0. The van der Waals surface area contributed by atoms with Crippen LogP contribution in [0, 0.1) is 5.82 Å². The Hall–Kier alpha value is -3.48. The minimum absolute atomic E-state index is 0.169. The van der Waals surface area contributed by atoms with Crippen molar-refractivity contribution in [1.29, 1.82) is 0 Å². The summed E-state index contributed by atoms with van der Waals surface area (Å²) >= 11 is 0. The van der Waals surface area contributed by atoms with Crippen LogP contribution in [-0.4, -0.2) is 29.3 Å². The van der Waals surface area contributed by atoms with Gasteiger partial charge in [0.05, 0.1) is 12.3 Å². The van der Waals surface area contributed by atoms with Gasteiger partial charge in [0.1, 0.15) is 11.6 Å². The van der Waals surface area contributed by atoms with E-state index in [4.69, 9.17) is 9.47 Å². The average Bonchev–Trinajstić information content (AvgIpc) is 2.69. The molecule has 3 rings (SSSR count). The molecule has 7 heteroatoms. The van der Waals surface area contributed by atoms with E-state index in [1.807, 2.05) is 25.1 Å². The number of aromatic nitrogens is 2. The van der Waals surface area contributed by atoms with Crippen molar-refractivity contribution in [2.24, 2.45) is 0 Å². The van der Waals surface area contributed by atoms with E-state index in [2.05, 4.69) is 15.5 Å². The van der Waals surface area contributed by atoms with Gasteiger partial charge in [0.15, 0.2) is 6.61 Å². The summed E-state index contributed by atoms with van der Waals surface area (Å²) in [6, 6.07) is 16.3. The van der Waals surface area contributed by atoms with Gasteiger partial charge < -0.3 is 14.8 Å². The largest absolute Gasteiger partial charge is 0.484 e. The predicted octanol–water partition coefficient (Wildman–Crippen LogP) is 3.70. The molecule has 0 saturated heterocycles. The van der Waals surface area contributed by atoms with E-state index in [1.54, 1.807) is 18.2 Å². The fraction of sp³-hybridized carbons (Fsp3) is 0.150. The molecular weight excluding hydrogens is 349 g/mol. The van der Waals surface area contributed by atoms with Crippen molar-refractivity contribution in [3.63, 3.8) is 0 Å². The van der Waals surface area contributed by atoms with Gasteiger partial charge in [-0.15, -0.1) is 10.2 Å². The minimum Gasteiger partial charge on any atom is -0.484 e. The lowest BCUT2D eigenvalue weighted by atomic mass is 10.1. The maximum Gasteiger partial charge on any atom is 0.262 e. The molecule has 0 spiro atoms. The van der Waals surface area contributed by atoms with Crippen molar-refractivity contribution in [3.05, 3.63) is 66.5 Å². The highest BCUT2D eigenvalue weighted by Gasteiger charge is 2.06. The van der Waals surface area contributed by atoms with Crippen molar-refractivity contribution >= 4 is 11.6 Å². The summed E-state index contributed by atoms with van der Waals surface area (Å²) in [7, 11) is 0. The molecule has 2 aromatic carbocycles. The third kappa shape index (κ3) is 5.24. The Kier molecular flexibility index (Phi) is 5.94. The molecule has 27 heavy (non-hydrogen) atoms. The zero-order valence-corrected chi connectivity index (χ0v) is 14.7. The number of benzene rings is 2. The summed E-state index contributed by atoms with van der Waals surface area (Å²) in [6.45, 7) is 2.25. The number of ether oxygens (including phenoxy) is 2. The number of halogens is 1. The standard InChI is InChI=1S/C20H18FN3O3/c1-2-26-20-12-11-18(23-24-20)14-3-7-16(8-4-14)22-19(25)13-27-17-9-5-15(21)6-10-17/h3-12H,2,13H2,1H3,(H,22,25). The monoisotopic (exact) mass is 367 g/mol.